The molecule has 2 N–H and O–H groups in total. The van der Waals surface area contributed by atoms with Crippen LogP contribution in [0.3, 0.4) is 0 Å². The molecule has 0 saturated heterocycles. The number of para-hydroxylation sites is 1. The number of nitrogens with zero attached hydrogens (tertiary/aromatic N) is 1. The molecule has 37 heavy (non-hydrogen) atoms. The van der Waals surface area contributed by atoms with Crippen molar-refractivity contribution in [2.75, 3.05) is 36.9 Å². The van der Waals surface area contributed by atoms with E-state index in [9.17, 15) is 18.0 Å². The lowest BCUT2D eigenvalue weighted by molar-refractivity contribution is -0.114. The van der Waals surface area contributed by atoms with Crippen LogP contribution in [0.25, 0.3) is 0 Å². The number of aryl methyl sites for hydroxylation is 1. The lowest BCUT2D eigenvalue weighted by Gasteiger charge is -2.25. The van der Waals surface area contributed by atoms with Gasteiger partial charge in [-0.3, -0.25) is 13.9 Å². The third-order valence-electron chi connectivity index (χ3n) is 5.40. The molecule has 0 spiro atoms. The number of hydrogen-bond acceptors (Lipinski definition) is 6. The van der Waals surface area contributed by atoms with E-state index in [2.05, 4.69) is 17.2 Å². The van der Waals surface area contributed by atoms with E-state index in [0.717, 1.165) is 9.87 Å². The molecule has 0 aliphatic rings. The Morgan fingerprint density at radius 1 is 0.973 bits per heavy atom. The second-order valence-electron chi connectivity index (χ2n) is 7.96. The molecule has 0 saturated carbocycles. The Hall–Kier alpha value is -4.31. The number of methoxy groups -OCH3 is 2. The molecular formula is C27H29N3O6S. The second-order valence-corrected chi connectivity index (χ2v) is 9.82. The van der Waals surface area contributed by atoms with Crippen molar-refractivity contribution in [3.8, 4) is 11.5 Å². The van der Waals surface area contributed by atoms with Crippen molar-refractivity contribution in [1.82, 2.24) is 5.32 Å². The van der Waals surface area contributed by atoms with Crippen molar-refractivity contribution in [2.45, 2.75) is 11.8 Å². The minimum atomic E-state index is -4.20. The van der Waals surface area contributed by atoms with Gasteiger partial charge in [0.15, 0.2) is 11.5 Å². The van der Waals surface area contributed by atoms with Crippen molar-refractivity contribution >= 4 is 33.2 Å². The maximum atomic E-state index is 13.7. The smallest absolute Gasteiger partial charge is 0.264 e. The second kappa shape index (κ2) is 12.1. The molecule has 3 aromatic rings. The van der Waals surface area contributed by atoms with E-state index < -0.39 is 28.4 Å². The van der Waals surface area contributed by atoms with Gasteiger partial charge in [0.05, 0.1) is 36.1 Å². The quantitative estimate of drug-likeness (QED) is 0.370. The van der Waals surface area contributed by atoms with Crippen molar-refractivity contribution in [3.05, 3.63) is 90.5 Å². The van der Waals surface area contributed by atoms with E-state index in [4.69, 9.17) is 9.47 Å². The molecule has 0 bridgehead atoms. The van der Waals surface area contributed by atoms with Crippen molar-refractivity contribution < 1.29 is 27.5 Å². The standard InChI is InChI=1S/C27H29N3O6S/c1-5-16-28-27(32)22-8-6-7-9-23(22)29-26(31)18-30(20-12-10-19(2)11-13-20)37(33,34)21-14-15-24(35-3)25(17-21)36-4/h5-15,17H,1,16,18H2,2-4H3,(H,28,32)(H,29,31). The number of rotatable bonds is 11. The molecule has 0 unspecified atom stereocenters. The molecule has 3 rings (SSSR count). The Labute approximate surface area is 216 Å². The highest BCUT2D eigenvalue weighted by Gasteiger charge is 2.29. The summed E-state index contributed by atoms with van der Waals surface area (Å²) in [6.07, 6.45) is 1.54. The van der Waals surface area contributed by atoms with Crippen molar-refractivity contribution in [1.29, 1.82) is 0 Å². The summed E-state index contributed by atoms with van der Waals surface area (Å²) in [7, 11) is -1.35. The number of amides is 2. The molecule has 0 aliphatic carbocycles. The largest absolute Gasteiger partial charge is 0.493 e. The highest BCUT2D eigenvalue weighted by atomic mass is 32.2. The van der Waals surface area contributed by atoms with Gasteiger partial charge in [-0.15, -0.1) is 6.58 Å². The number of nitrogens with one attached hydrogen (secondary N) is 2. The van der Waals surface area contributed by atoms with E-state index in [1.54, 1.807) is 48.5 Å². The number of hydrogen-bond donors (Lipinski definition) is 2. The van der Waals surface area contributed by atoms with Crippen LogP contribution in [0.5, 0.6) is 11.5 Å². The minimum absolute atomic E-state index is 0.0808. The number of carbonyl (C=O) groups is 2. The molecule has 9 nitrogen and oxygen atoms in total. The molecule has 3 aromatic carbocycles. The molecule has 0 atom stereocenters. The number of sulfonamides is 1. The molecule has 2 amide bonds. The van der Waals surface area contributed by atoms with Gasteiger partial charge in [0.25, 0.3) is 15.9 Å². The van der Waals surface area contributed by atoms with Crippen molar-refractivity contribution in [2.24, 2.45) is 0 Å². The molecule has 0 aliphatic heterocycles. The van der Waals surface area contributed by atoms with E-state index >= 15 is 0 Å². The van der Waals surface area contributed by atoms with E-state index in [0.29, 0.717) is 11.4 Å². The number of benzene rings is 3. The Morgan fingerprint density at radius 3 is 2.30 bits per heavy atom. The Kier molecular flexibility index (Phi) is 8.91. The Morgan fingerprint density at radius 2 is 1.65 bits per heavy atom. The predicted molar refractivity (Wildman–Crippen MR) is 143 cm³/mol. The molecular weight excluding hydrogens is 494 g/mol. The lowest BCUT2D eigenvalue weighted by Crippen LogP contribution is -2.38. The van der Waals surface area contributed by atoms with Gasteiger partial charge in [-0.05, 0) is 43.3 Å². The van der Waals surface area contributed by atoms with Crippen LogP contribution in [0.1, 0.15) is 15.9 Å². The first-order valence-electron chi connectivity index (χ1n) is 11.3. The van der Waals surface area contributed by atoms with Crippen LogP contribution in [-0.4, -0.2) is 47.5 Å². The Balaban J connectivity index is 1.96. The summed E-state index contributed by atoms with van der Waals surface area (Å²) in [4.78, 5) is 25.6. The summed E-state index contributed by atoms with van der Waals surface area (Å²) in [5, 5.41) is 5.33. The zero-order chi connectivity index (χ0) is 27.0. The van der Waals surface area contributed by atoms with Crippen LogP contribution in [0, 0.1) is 6.92 Å². The molecule has 0 heterocycles. The van der Waals surface area contributed by atoms with Gasteiger partial charge in [0, 0.05) is 12.6 Å². The first-order chi connectivity index (χ1) is 17.7. The highest BCUT2D eigenvalue weighted by Crippen LogP contribution is 2.32. The van der Waals surface area contributed by atoms with Gasteiger partial charge in [-0.1, -0.05) is 35.9 Å². The fraction of sp³-hybridized carbons (Fsp3) is 0.185. The summed E-state index contributed by atoms with van der Waals surface area (Å²) in [6.45, 7) is 5.16. The van der Waals surface area contributed by atoms with Gasteiger partial charge in [0.1, 0.15) is 6.54 Å². The third kappa shape index (κ3) is 6.47. The van der Waals surface area contributed by atoms with E-state index in [1.165, 1.54) is 38.5 Å². The molecule has 0 fully saturated rings. The maximum absolute atomic E-state index is 13.7. The van der Waals surface area contributed by atoms with Crippen LogP contribution in [0.4, 0.5) is 11.4 Å². The summed E-state index contributed by atoms with van der Waals surface area (Å²) < 4.78 is 39.0. The first kappa shape index (κ1) is 27.3. The van der Waals surface area contributed by atoms with Crippen LogP contribution < -0.4 is 24.4 Å². The fourth-order valence-corrected chi connectivity index (χ4v) is 4.94. The fourth-order valence-electron chi connectivity index (χ4n) is 3.50. The topological polar surface area (TPSA) is 114 Å². The highest BCUT2D eigenvalue weighted by molar-refractivity contribution is 7.92. The average molecular weight is 524 g/mol. The predicted octanol–water partition coefficient (Wildman–Crippen LogP) is 3.76. The van der Waals surface area contributed by atoms with Crippen LogP contribution in [-0.2, 0) is 14.8 Å². The average Bonchev–Trinajstić information content (AvgIpc) is 2.90. The Bertz CT molecular complexity index is 1390. The van der Waals surface area contributed by atoms with Crippen molar-refractivity contribution in [3.63, 3.8) is 0 Å². The zero-order valence-corrected chi connectivity index (χ0v) is 21.7. The molecule has 0 aromatic heterocycles. The van der Waals surface area contributed by atoms with Gasteiger partial charge < -0.3 is 20.1 Å². The summed E-state index contributed by atoms with van der Waals surface area (Å²) in [5.41, 5.74) is 1.72. The van der Waals surface area contributed by atoms with Gasteiger partial charge in [-0.25, -0.2) is 8.42 Å². The van der Waals surface area contributed by atoms with Crippen LogP contribution in [0.2, 0.25) is 0 Å². The van der Waals surface area contributed by atoms with Gasteiger partial charge in [0.2, 0.25) is 5.91 Å². The van der Waals surface area contributed by atoms with E-state index in [-0.39, 0.29) is 28.4 Å². The zero-order valence-electron chi connectivity index (χ0n) is 20.9. The SMILES string of the molecule is C=CCNC(=O)c1ccccc1NC(=O)CN(c1ccc(C)cc1)S(=O)(=O)c1ccc(OC)c(OC)c1. The number of ether oxygens (including phenoxy) is 2. The van der Waals surface area contributed by atoms with Crippen LogP contribution >= 0.6 is 0 Å². The van der Waals surface area contributed by atoms with Crippen LogP contribution in [0.15, 0.2) is 84.3 Å². The maximum Gasteiger partial charge on any atom is 0.264 e. The molecule has 10 heteroatoms. The molecule has 0 radical (unpaired) electrons. The minimum Gasteiger partial charge on any atom is -0.493 e. The lowest BCUT2D eigenvalue weighted by atomic mass is 10.1. The first-order valence-corrected chi connectivity index (χ1v) is 12.7. The molecule has 194 valence electrons. The number of carbonyl (C=O) groups excluding carboxylic acids is 2. The monoisotopic (exact) mass is 523 g/mol. The van der Waals surface area contributed by atoms with Gasteiger partial charge >= 0.3 is 0 Å². The summed E-state index contributed by atoms with van der Waals surface area (Å²) in [5.74, 6) is -0.429. The van der Waals surface area contributed by atoms with E-state index in [1.807, 2.05) is 6.92 Å². The normalized spacial score (nSPS) is 10.8. The van der Waals surface area contributed by atoms with Gasteiger partial charge in [-0.2, -0.15) is 0 Å². The third-order valence-corrected chi connectivity index (χ3v) is 7.17. The summed E-state index contributed by atoms with van der Waals surface area (Å²) in [6, 6.07) is 17.4. The summed E-state index contributed by atoms with van der Waals surface area (Å²) >= 11 is 0. The number of anilines is 2.